The normalized spacial score (nSPS) is 11.5. The maximum Gasteiger partial charge on any atom is 0.280 e. The van der Waals surface area contributed by atoms with Crippen molar-refractivity contribution < 1.29 is 9.59 Å². The smallest absolute Gasteiger partial charge is 0.280 e. The molecule has 2 amide bonds. The lowest BCUT2D eigenvalue weighted by Crippen LogP contribution is -2.44. The molecule has 2 aromatic carbocycles. The summed E-state index contributed by atoms with van der Waals surface area (Å²) in [7, 11) is 0. The Hall–Kier alpha value is -3.91. The number of rotatable bonds is 7. The Morgan fingerprint density at radius 3 is 2.59 bits per heavy atom. The molecular formula is C24H21N5O2S. The second kappa shape index (κ2) is 9.93. The average molecular weight is 444 g/mol. The van der Waals surface area contributed by atoms with E-state index in [1.54, 1.807) is 36.0 Å². The van der Waals surface area contributed by atoms with Gasteiger partial charge >= 0.3 is 0 Å². The molecule has 2 heterocycles. The summed E-state index contributed by atoms with van der Waals surface area (Å²) in [6.07, 6.45) is 3.23. The molecule has 4 rings (SSSR count). The van der Waals surface area contributed by atoms with E-state index in [1.807, 2.05) is 55.5 Å². The van der Waals surface area contributed by atoms with Crippen LogP contribution in [0.5, 0.6) is 0 Å². The third-order valence-electron chi connectivity index (χ3n) is 4.89. The first-order valence-electron chi connectivity index (χ1n) is 10.0. The van der Waals surface area contributed by atoms with E-state index in [9.17, 15) is 9.59 Å². The number of aryl methyl sites for hydroxylation is 1. The number of aromatic nitrogens is 3. The second-order valence-electron chi connectivity index (χ2n) is 7.20. The van der Waals surface area contributed by atoms with Crippen molar-refractivity contribution >= 4 is 29.0 Å². The highest BCUT2D eigenvalue weighted by atomic mass is 32.1. The maximum atomic E-state index is 13.5. The summed E-state index contributed by atoms with van der Waals surface area (Å²) in [6, 6.07) is 19.7. The van der Waals surface area contributed by atoms with Crippen LogP contribution in [0.4, 0.5) is 5.69 Å². The van der Waals surface area contributed by atoms with Gasteiger partial charge in [-0.15, -0.1) is 5.10 Å². The fraction of sp³-hybridized carbons (Fsp3) is 0.125. The highest BCUT2D eigenvalue weighted by Gasteiger charge is 2.34. The van der Waals surface area contributed by atoms with Crippen LogP contribution in [0.3, 0.4) is 0 Å². The third-order valence-corrected chi connectivity index (χ3v) is 5.40. The van der Waals surface area contributed by atoms with Gasteiger partial charge in [0.15, 0.2) is 5.69 Å². The lowest BCUT2D eigenvalue weighted by molar-refractivity contribution is -0.122. The molecule has 0 fully saturated rings. The van der Waals surface area contributed by atoms with E-state index < -0.39 is 11.9 Å². The van der Waals surface area contributed by atoms with Gasteiger partial charge in [-0.25, -0.2) is 0 Å². The summed E-state index contributed by atoms with van der Waals surface area (Å²) >= 11 is 1.09. The van der Waals surface area contributed by atoms with Crippen molar-refractivity contribution in [2.45, 2.75) is 19.5 Å². The second-order valence-corrected chi connectivity index (χ2v) is 7.81. The quantitative estimate of drug-likeness (QED) is 0.467. The number of hydrogen-bond donors (Lipinski definition) is 1. The number of nitrogens with zero attached hydrogens (tertiary/aromatic N) is 4. The average Bonchev–Trinajstić information content (AvgIpc) is 3.37. The summed E-state index contributed by atoms with van der Waals surface area (Å²) in [4.78, 5) is 32.7. The molecule has 1 atom stereocenters. The van der Waals surface area contributed by atoms with Gasteiger partial charge in [0.05, 0.1) is 0 Å². The molecule has 0 bridgehead atoms. The van der Waals surface area contributed by atoms with Crippen molar-refractivity contribution in [3.8, 4) is 0 Å². The molecule has 8 heteroatoms. The molecule has 0 saturated heterocycles. The number of carbonyl (C=O) groups is 2. The van der Waals surface area contributed by atoms with Gasteiger partial charge < -0.3 is 5.32 Å². The van der Waals surface area contributed by atoms with Crippen molar-refractivity contribution in [1.82, 2.24) is 19.9 Å². The summed E-state index contributed by atoms with van der Waals surface area (Å²) in [5.41, 5.74) is 3.29. The van der Waals surface area contributed by atoms with E-state index in [1.165, 1.54) is 4.90 Å². The molecule has 4 aromatic rings. The number of nitrogens with one attached hydrogen (secondary N) is 1. The molecular weight excluding hydrogens is 422 g/mol. The fourth-order valence-corrected chi connectivity index (χ4v) is 3.81. The van der Waals surface area contributed by atoms with Crippen molar-refractivity contribution in [2.24, 2.45) is 0 Å². The fourth-order valence-electron chi connectivity index (χ4n) is 3.38. The lowest BCUT2D eigenvalue weighted by Gasteiger charge is -2.31. The van der Waals surface area contributed by atoms with Crippen LogP contribution in [0.15, 0.2) is 84.5 Å². The van der Waals surface area contributed by atoms with Crippen LogP contribution in [0.25, 0.3) is 0 Å². The van der Waals surface area contributed by atoms with Crippen molar-refractivity contribution in [3.05, 3.63) is 107 Å². The standard InChI is InChI=1S/C24H21N5O2S/c1-17-7-5-11-20(13-17)29(24(31)21-16-32-28-27-21)22(19-10-6-12-25-15-19)23(30)26-14-18-8-3-2-4-9-18/h2-13,15-16,22H,14H2,1H3,(H,26,30)/t22-/m0/s1. The van der Waals surface area contributed by atoms with Gasteiger partial charge in [0.25, 0.3) is 5.91 Å². The third kappa shape index (κ3) is 4.87. The van der Waals surface area contributed by atoms with Gasteiger partial charge in [-0.2, -0.15) is 0 Å². The van der Waals surface area contributed by atoms with E-state index in [2.05, 4.69) is 19.9 Å². The van der Waals surface area contributed by atoms with Gasteiger partial charge in [0, 0.05) is 35.6 Å². The maximum absolute atomic E-state index is 13.5. The van der Waals surface area contributed by atoms with E-state index in [0.29, 0.717) is 17.8 Å². The minimum Gasteiger partial charge on any atom is -0.350 e. The zero-order chi connectivity index (χ0) is 22.3. The topological polar surface area (TPSA) is 88.1 Å². The minimum absolute atomic E-state index is 0.182. The number of carbonyl (C=O) groups excluding carboxylic acids is 2. The Morgan fingerprint density at radius 2 is 1.91 bits per heavy atom. The van der Waals surface area contributed by atoms with E-state index >= 15 is 0 Å². The van der Waals surface area contributed by atoms with Crippen LogP contribution in [0.2, 0.25) is 0 Å². The molecule has 0 spiro atoms. The molecule has 0 aliphatic carbocycles. The number of anilines is 1. The van der Waals surface area contributed by atoms with Crippen LogP contribution in [-0.4, -0.2) is 26.4 Å². The monoisotopic (exact) mass is 443 g/mol. The van der Waals surface area contributed by atoms with Gasteiger partial charge in [-0.1, -0.05) is 53.0 Å². The molecule has 32 heavy (non-hydrogen) atoms. The summed E-state index contributed by atoms with van der Waals surface area (Å²) in [5.74, 6) is -0.729. The van der Waals surface area contributed by atoms with E-state index in [-0.39, 0.29) is 11.6 Å². The molecule has 2 aromatic heterocycles. The Kier molecular flexibility index (Phi) is 6.62. The first kappa shape index (κ1) is 21.3. The van der Waals surface area contributed by atoms with Gasteiger partial charge in [0.1, 0.15) is 6.04 Å². The van der Waals surface area contributed by atoms with Crippen LogP contribution >= 0.6 is 11.5 Å². The Morgan fingerprint density at radius 1 is 1.06 bits per heavy atom. The van der Waals surface area contributed by atoms with Crippen molar-refractivity contribution in [1.29, 1.82) is 0 Å². The number of amides is 2. The SMILES string of the molecule is Cc1cccc(N(C(=O)c2csnn2)[C@H](C(=O)NCc2ccccc2)c2cccnc2)c1. The molecule has 1 N–H and O–H groups in total. The highest BCUT2D eigenvalue weighted by molar-refractivity contribution is 7.03. The first-order valence-corrected chi connectivity index (χ1v) is 10.9. The van der Waals surface area contributed by atoms with Gasteiger partial charge in [-0.3, -0.25) is 19.5 Å². The van der Waals surface area contributed by atoms with Gasteiger partial charge in [0.2, 0.25) is 5.91 Å². The van der Waals surface area contributed by atoms with Gasteiger partial charge in [-0.05, 0) is 47.8 Å². The number of benzene rings is 2. The Bertz CT molecular complexity index is 1180. The van der Waals surface area contributed by atoms with Crippen molar-refractivity contribution in [2.75, 3.05) is 4.90 Å². The largest absolute Gasteiger partial charge is 0.350 e. The lowest BCUT2D eigenvalue weighted by atomic mass is 10.0. The summed E-state index contributed by atoms with van der Waals surface area (Å²) < 4.78 is 3.82. The predicted octanol–water partition coefficient (Wildman–Crippen LogP) is 3.95. The Balaban J connectivity index is 1.76. The molecule has 7 nitrogen and oxygen atoms in total. The van der Waals surface area contributed by atoms with E-state index in [0.717, 1.165) is 22.7 Å². The van der Waals surface area contributed by atoms with Crippen LogP contribution in [0, 0.1) is 6.92 Å². The number of pyridine rings is 1. The zero-order valence-corrected chi connectivity index (χ0v) is 18.2. The molecule has 0 radical (unpaired) electrons. The Labute approximate surface area is 189 Å². The summed E-state index contributed by atoms with van der Waals surface area (Å²) in [5, 5.41) is 8.49. The molecule has 0 saturated carbocycles. The zero-order valence-electron chi connectivity index (χ0n) is 17.4. The summed E-state index contributed by atoms with van der Waals surface area (Å²) in [6.45, 7) is 2.27. The minimum atomic E-state index is -0.941. The van der Waals surface area contributed by atoms with Crippen LogP contribution < -0.4 is 10.2 Å². The molecule has 0 aliphatic rings. The molecule has 160 valence electrons. The van der Waals surface area contributed by atoms with Crippen molar-refractivity contribution in [3.63, 3.8) is 0 Å². The predicted molar refractivity (Wildman–Crippen MR) is 123 cm³/mol. The molecule has 0 unspecified atom stereocenters. The highest BCUT2D eigenvalue weighted by Crippen LogP contribution is 2.30. The van der Waals surface area contributed by atoms with E-state index in [4.69, 9.17) is 0 Å². The molecule has 0 aliphatic heterocycles. The number of hydrogen-bond acceptors (Lipinski definition) is 6. The van der Waals surface area contributed by atoms with Crippen LogP contribution in [-0.2, 0) is 11.3 Å². The first-order chi connectivity index (χ1) is 15.6. The van der Waals surface area contributed by atoms with Crippen LogP contribution in [0.1, 0.15) is 33.2 Å².